The van der Waals surface area contributed by atoms with E-state index in [0.717, 1.165) is 0 Å². The average molecular weight is 393 g/mol. The number of piperazine rings is 1. The van der Waals surface area contributed by atoms with E-state index in [1.165, 1.54) is 18.3 Å². The number of benzene rings is 2. The number of nitrogens with zero attached hydrogens (tertiary/aromatic N) is 5. The van der Waals surface area contributed by atoms with Crippen LogP contribution in [0.2, 0.25) is 0 Å². The highest BCUT2D eigenvalue weighted by molar-refractivity contribution is 5.94. The van der Waals surface area contributed by atoms with E-state index in [-0.39, 0.29) is 24.0 Å². The molecular formula is C20H19N5O4. The van der Waals surface area contributed by atoms with Crippen LogP contribution in [0, 0.1) is 10.1 Å². The Kier molecular flexibility index (Phi) is 4.94. The quantitative estimate of drug-likeness (QED) is 0.498. The molecule has 0 bridgehead atoms. The van der Waals surface area contributed by atoms with E-state index in [2.05, 4.69) is 5.10 Å². The Morgan fingerprint density at radius 2 is 1.69 bits per heavy atom. The summed E-state index contributed by atoms with van der Waals surface area (Å²) in [6.07, 6.45) is 1.52. The largest absolute Gasteiger partial charge is 0.338 e. The number of hydrogen-bond donors (Lipinski definition) is 0. The lowest BCUT2D eigenvalue weighted by Gasteiger charge is -2.34. The number of carbonyl (C=O) groups excluding carboxylic acids is 2. The van der Waals surface area contributed by atoms with E-state index in [9.17, 15) is 19.7 Å². The summed E-state index contributed by atoms with van der Waals surface area (Å²) >= 11 is 0. The molecule has 1 aliphatic heterocycles. The number of nitro benzene ring substituents is 1. The molecule has 0 radical (unpaired) electrons. The van der Waals surface area contributed by atoms with Crippen molar-refractivity contribution in [2.75, 3.05) is 26.2 Å². The maximum absolute atomic E-state index is 12.7. The molecule has 148 valence electrons. The predicted molar refractivity (Wildman–Crippen MR) is 105 cm³/mol. The van der Waals surface area contributed by atoms with Crippen LogP contribution in [0.5, 0.6) is 0 Å². The molecule has 0 N–H and O–H groups in total. The number of nitro groups is 1. The molecule has 3 aromatic rings. The van der Waals surface area contributed by atoms with Crippen molar-refractivity contribution >= 4 is 28.4 Å². The van der Waals surface area contributed by atoms with Crippen molar-refractivity contribution in [3.05, 3.63) is 70.4 Å². The summed E-state index contributed by atoms with van der Waals surface area (Å²) in [5, 5.41) is 15.7. The molecule has 9 nitrogen and oxygen atoms in total. The van der Waals surface area contributed by atoms with E-state index >= 15 is 0 Å². The molecule has 4 rings (SSSR count). The Morgan fingerprint density at radius 3 is 2.38 bits per heavy atom. The Hall–Kier alpha value is -3.75. The molecule has 0 aliphatic carbocycles. The maximum Gasteiger partial charge on any atom is 0.270 e. The van der Waals surface area contributed by atoms with Gasteiger partial charge < -0.3 is 9.80 Å². The van der Waals surface area contributed by atoms with Gasteiger partial charge in [-0.1, -0.05) is 18.2 Å². The molecule has 0 unspecified atom stereocenters. The first-order valence-corrected chi connectivity index (χ1v) is 9.25. The van der Waals surface area contributed by atoms with Crippen LogP contribution in [0.15, 0.2) is 54.7 Å². The van der Waals surface area contributed by atoms with Gasteiger partial charge in [0, 0.05) is 49.3 Å². The summed E-state index contributed by atoms with van der Waals surface area (Å²) in [4.78, 5) is 39.1. The first-order valence-electron chi connectivity index (χ1n) is 9.25. The van der Waals surface area contributed by atoms with Gasteiger partial charge in [0.2, 0.25) is 5.91 Å². The zero-order valence-electron chi connectivity index (χ0n) is 15.6. The lowest BCUT2D eigenvalue weighted by atomic mass is 10.2. The van der Waals surface area contributed by atoms with E-state index in [0.29, 0.717) is 42.6 Å². The molecule has 29 heavy (non-hydrogen) atoms. The van der Waals surface area contributed by atoms with Crippen molar-refractivity contribution in [2.45, 2.75) is 6.54 Å². The highest BCUT2D eigenvalue weighted by Gasteiger charge is 2.25. The molecule has 2 amide bonds. The van der Waals surface area contributed by atoms with E-state index < -0.39 is 4.92 Å². The third-order valence-corrected chi connectivity index (χ3v) is 5.06. The van der Waals surface area contributed by atoms with Gasteiger partial charge >= 0.3 is 0 Å². The van der Waals surface area contributed by atoms with Crippen LogP contribution in [0.3, 0.4) is 0 Å². The predicted octanol–water partition coefficient (Wildman–Crippen LogP) is 1.93. The van der Waals surface area contributed by atoms with Gasteiger partial charge in [-0.05, 0) is 18.2 Å². The van der Waals surface area contributed by atoms with Crippen LogP contribution in [0.25, 0.3) is 10.9 Å². The van der Waals surface area contributed by atoms with Crippen molar-refractivity contribution in [2.24, 2.45) is 0 Å². The minimum atomic E-state index is -0.460. The van der Waals surface area contributed by atoms with Crippen LogP contribution in [0.1, 0.15) is 10.4 Å². The maximum atomic E-state index is 12.7. The monoisotopic (exact) mass is 393 g/mol. The molecule has 2 heterocycles. The number of amides is 2. The van der Waals surface area contributed by atoms with Gasteiger partial charge in [0.05, 0.1) is 16.6 Å². The van der Waals surface area contributed by atoms with Crippen molar-refractivity contribution < 1.29 is 14.5 Å². The van der Waals surface area contributed by atoms with Crippen LogP contribution < -0.4 is 0 Å². The fourth-order valence-corrected chi connectivity index (χ4v) is 3.46. The van der Waals surface area contributed by atoms with Gasteiger partial charge in [0.1, 0.15) is 6.54 Å². The van der Waals surface area contributed by atoms with Gasteiger partial charge in [-0.2, -0.15) is 5.10 Å². The van der Waals surface area contributed by atoms with Crippen LogP contribution in [-0.4, -0.2) is 62.5 Å². The molecule has 2 aromatic carbocycles. The topological polar surface area (TPSA) is 102 Å². The molecule has 9 heteroatoms. The molecule has 0 atom stereocenters. The molecule has 0 saturated carbocycles. The van der Waals surface area contributed by atoms with E-state index in [4.69, 9.17) is 0 Å². The third-order valence-electron chi connectivity index (χ3n) is 5.06. The zero-order valence-corrected chi connectivity index (χ0v) is 15.6. The smallest absolute Gasteiger partial charge is 0.270 e. The molecule has 1 aliphatic rings. The van der Waals surface area contributed by atoms with Crippen LogP contribution in [-0.2, 0) is 11.3 Å². The first-order chi connectivity index (χ1) is 14.0. The third kappa shape index (κ3) is 3.79. The van der Waals surface area contributed by atoms with Crippen LogP contribution in [0.4, 0.5) is 5.69 Å². The Bertz CT molecular complexity index is 1070. The van der Waals surface area contributed by atoms with Gasteiger partial charge in [0.25, 0.3) is 11.6 Å². The number of non-ortho nitro benzene ring substituents is 1. The summed E-state index contributed by atoms with van der Waals surface area (Å²) < 4.78 is 1.54. The van der Waals surface area contributed by atoms with Gasteiger partial charge in [0.15, 0.2) is 0 Å². The Morgan fingerprint density at radius 1 is 1.00 bits per heavy atom. The Balaban J connectivity index is 1.38. The SMILES string of the molecule is O=C(Cn1ncc2cc([N+](=O)[O-])ccc21)N1CCN(C(=O)c2ccccc2)CC1. The number of fused-ring (bicyclic) bond motifs is 1. The average Bonchev–Trinajstić information content (AvgIpc) is 3.16. The van der Waals surface area contributed by atoms with Crippen molar-refractivity contribution in [3.8, 4) is 0 Å². The van der Waals surface area contributed by atoms with Gasteiger partial charge in [-0.3, -0.25) is 24.4 Å². The summed E-state index contributed by atoms with van der Waals surface area (Å²) in [6.45, 7) is 1.93. The van der Waals surface area contributed by atoms with E-state index in [1.54, 1.807) is 32.7 Å². The van der Waals surface area contributed by atoms with Gasteiger partial charge in [-0.15, -0.1) is 0 Å². The lowest BCUT2D eigenvalue weighted by molar-refractivity contribution is -0.384. The number of rotatable bonds is 4. The minimum Gasteiger partial charge on any atom is -0.338 e. The summed E-state index contributed by atoms with van der Waals surface area (Å²) in [6, 6.07) is 13.5. The highest BCUT2D eigenvalue weighted by Crippen LogP contribution is 2.20. The summed E-state index contributed by atoms with van der Waals surface area (Å²) in [5.41, 5.74) is 1.30. The number of carbonyl (C=O) groups is 2. The second-order valence-corrected chi connectivity index (χ2v) is 6.84. The highest BCUT2D eigenvalue weighted by atomic mass is 16.6. The minimum absolute atomic E-state index is 0.0115. The lowest BCUT2D eigenvalue weighted by Crippen LogP contribution is -2.51. The zero-order chi connectivity index (χ0) is 20.4. The fourth-order valence-electron chi connectivity index (χ4n) is 3.46. The Labute approximate surface area is 166 Å². The van der Waals surface area contributed by atoms with E-state index in [1.807, 2.05) is 18.2 Å². The summed E-state index contributed by atoms with van der Waals surface area (Å²) in [5.74, 6) is -0.127. The first kappa shape index (κ1) is 18.6. The fraction of sp³-hybridized carbons (Fsp3) is 0.250. The van der Waals surface area contributed by atoms with Gasteiger partial charge in [-0.25, -0.2) is 0 Å². The second kappa shape index (κ2) is 7.70. The molecule has 1 aromatic heterocycles. The molecule has 1 fully saturated rings. The number of aromatic nitrogens is 2. The van der Waals surface area contributed by atoms with Crippen molar-refractivity contribution in [1.29, 1.82) is 0 Å². The molecule has 1 saturated heterocycles. The second-order valence-electron chi connectivity index (χ2n) is 6.84. The normalized spacial score (nSPS) is 14.2. The van der Waals surface area contributed by atoms with Crippen LogP contribution >= 0.6 is 0 Å². The van der Waals surface area contributed by atoms with Crippen molar-refractivity contribution in [1.82, 2.24) is 19.6 Å². The number of hydrogen-bond acceptors (Lipinski definition) is 5. The molecular weight excluding hydrogens is 374 g/mol. The summed E-state index contributed by atoms with van der Waals surface area (Å²) in [7, 11) is 0. The standard InChI is InChI=1S/C20H19N5O4/c26-19(14-24-18-7-6-17(25(28)29)12-16(18)13-21-24)22-8-10-23(11-9-22)20(27)15-4-2-1-3-5-15/h1-7,12-13H,8-11,14H2. The molecule has 0 spiro atoms. The van der Waals surface area contributed by atoms with Crippen molar-refractivity contribution in [3.63, 3.8) is 0 Å².